The number of hydrogen-bond acceptors (Lipinski definition) is 4. The number of carboxylic acids is 1. The Hall–Kier alpha value is -1.79. The zero-order valence-electron chi connectivity index (χ0n) is 9.36. The first-order valence-electron chi connectivity index (χ1n) is 4.75. The zero-order valence-corrected chi connectivity index (χ0v) is 9.36. The second kappa shape index (κ2) is 7.49. The monoisotopic (exact) mass is 232 g/mol. The van der Waals surface area contributed by atoms with E-state index in [9.17, 15) is 14.4 Å². The van der Waals surface area contributed by atoms with Crippen molar-refractivity contribution >= 4 is 18.0 Å². The summed E-state index contributed by atoms with van der Waals surface area (Å²) in [6.45, 7) is 0.123. The number of hydrogen-bond donors (Lipinski definition) is 2. The lowest BCUT2D eigenvalue weighted by molar-refractivity contribution is -0.141. The Labute approximate surface area is 93.4 Å². The highest BCUT2D eigenvalue weighted by molar-refractivity contribution is 5.80. The molecule has 0 saturated carbocycles. The third kappa shape index (κ3) is 6.63. The van der Waals surface area contributed by atoms with E-state index in [0.29, 0.717) is 6.42 Å². The molecular formula is C9H16N2O5. The summed E-state index contributed by atoms with van der Waals surface area (Å²) in [5.41, 5.74) is 0. The highest BCUT2D eigenvalue weighted by Crippen LogP contribution is 1.89. The van der Waals surface area contributed by atoms with Crippen molar-refractivity contribution in [1.82, 2.24) is 10.2 Å². The third-order valence-electron chi connectivity index (χ3n) is 1.78. The maximum Gasteiger partial charge on any atom is 0.325 e. The van der Waals surface area contributed by atoms with Crippen LogP contribution in [0.3, 0.4) is 0 Å². The van der Waals surface area contributed by atoms with E-state index in [0.717, 1.165) is 4.90 Å². The molecule has 16 heavy (non-hydrogen) atoms. The van der Waals surface area contributed by atoms with Gasteiger partial charge >= 0.3 is 18.0 Å². The van der Waals surface area contributed by atoms with E-state index < -0.39 is 18.0 Å². The minimum atomic E-state index is -0.905. The molecule has 2 amide bonds. The first-order valence-corrected chi connectivity index (χ1v) is 4.75. The summed E-state index contributed by atoms with van der Waals surface area (Å²) >= 11 is 0. The average molecular weight is 232 g/mol. The van der Waals surface area contributed by atoms with E-state index >= 15 is 0 Å². The van der Waals surface area contributed by atoms with Crippen molar-refractivity contribution in [3.63, 3.8) is 0 Å². The lowest BCUT2D eigenvalue weighted by Gasteiger charge is -2.16. The Morgan fingerprint density at radius 1 is 1.38 bits per heavy atom. The summed E-state index contributed by atoms with van der Waals surface area (Å²) in [7, 11) is 2.68. The number of methoxy groups -OCH3 is 1. The van der Waals surface area contributed by atoms with E-state index in [4.69, 9.17) is 5.11 Å². The van der Waals surface area contributed by atoms with Gasteiger partial charge in [0.2, 0.25) is 0 Å². The highest BCUT2D eigenvalue weighted by atomic mass is 16.5. The van der Waals surface area contributed by atoms with Crippen LogP contribution in [0.2, 0.25) is 0 Å². The number of esters is 1. The molecule has 92 valence electrons. The molecule has 7 heteroatoms. The Balaban J connectivity index is 3.71. The predicted molar refractivity (Wildman–Crippen MR) is 54.9 cm³/mol. The van der Waals surface area contributed by atoms with Crippen LogP contribution in [-0.4, -0.2) is 55.2 Å². The van der Waals surface area contributed by atoms with Crippen LogP contribution in [0.15, 0.2) is 0 Å². The van der Waals surface area contributed by atoms with E-state index in [2.05, 4.69) is 10.1 Å². The summed E-state index contributed by atoms with van der Waals surface area (Å²) in [5, 5.41) is 10.8. The van der Waals surface area contributed by atoms with Crippen molar-refractivity contribution in [2.75, 3.05) is 27.2 Å². The Morgan fingerprint density at radius 2 is 2.00 bits per heavy atom. The summed E-state index contributed by atoms with van der Waals surface area (Å²) in [5.74, 6) is -1.42. The fraction of sp³-hybridized carbons (Fsp3) is 0.667. The van der Waals surface area contributed by atoms with E-state index in [-0.39, 0.29) is 19.5 Å². The van der Waals surface area contributed by atoms with Crippen LogP contribution in [-0.2, 0) is 14.3 Å². The van der Waals surface area contributed by atoms with Crippen LogP contribution in [0.4, 0.5) is 4.79 Å². The standard InChI is InChI=1S/C9H16N2O5/c1-11(6-8(14)16-2)9(15)10-5-3-4-7(12)13/h3-6H2,1-2H3,(H,10,15)(H,12,13). The number of aliphatic carboxylic acids is 1. The summed E-state index contributed by atoms with van der Waals surface area (Å²) in [6.07, 6.45) is 0.355. The molecular weight excluding hydrogens is 216 g/mol. The van der Waals surface area contributed by atoms with Crippen LogP contribution < -0.4 is 5.32 Å². The fourth-order valence-corrected chi connectivity index (χ4v) is 0.900. The van der Waals surface area contributed by atoms with Gasteiger partial charge in [0.15, 0.2) is 0 Å². The number of rotatable bonds is 6. The Bertz CT molecular complexity index is 267. The second-order valence-corrected chi connectivity index (χ2v) is 3.16. The van der Waals surface area contributed by atoms with E-state index in [1.165, 1.54) is 14.2 Å². The predicted octanol–water partition coefficient (Wildman–Crippen LogP) is -0.334. The van der Waals surface area contributed by atoms with Gasteiger partial charge in [-0.25, -0.2) is 4.79 Å². The second-order valence-electron chi connectivity index (χ2n) is 3.16. The van der Waals surface area contributed by atoms with Gasteiger partial charge in [-0.05, 0) is 6.42 Å². The minimum Gasteiger partial charge on any atom is -0.481 e. The number of nitrogens with one attached hydrogen (secondary N) is 1. The number of nitrogens with zero attached hydrogens (tertiary/aromatic N) is 1. The lowest BCUT2D eigenvalue weighted by atomic mass is 10.3. The summed E-state index contributed by atoms with van der Waals surface area (Å²) in [6, 6.07) is -0.434. The number of carboxylic acid groups (broad SMARTS) is 1. The molecule has 2 N–H and O–H groups in total. The van der Waals surface area contributed by atoms with Crippen molar-refractivity contribution in [2.24, 2.45) is 0 Å². The first kappa shape index (κ1) is 14.2. The molecule has 0 aromatic heterocycles. The number of likely N-dealkylation sites (N-methyl/N-ethyl adjacent to an activating group) is 1. The van der Waals surface area contributed by atoms with Gasteiger partial charge in [-0.3, -0.25) is 9.59 Å². The number of urea groups is 1. The van der Waals surface area contributed by atoms with Crippen molar-refractivity contribution < 1.29 is 24.2 Å². The van der Waals surface area contributed by atoms with Gasteiger partial charge in [0.1, 0.15) is 6.54 Å². The maximum atomic E-state index is 11.3. The number of ether oxygens (including phenoxy) is 1. The lowest BCUT2D eigenvalue weighted by Crippen LogP contribution is -2.40. The molecule has 0 aliphatic rings. The molecule has 0 aromatic rings. The van der Waals surface area contributed by atoms with Crippen molar-refractivity contribution in [1.29, 1.82) is 0 Å². The average Bonchev–Trinajstić information content (AvgIpc) is 2.23. The van der Waals surface area contributed by atoms with Crippen LogP contribution in [0.5, 0.6) is 0 Å². The van der Waals surface area contributed by atoms with Crippen LogP contribution in [0, 0.1) is 0 Å². The summed E-state index contributed by atoms with van der Waals surface area (Å²) < 4.78 is 4.39. The SMILES string of the molecule is COC(=O)CN(C)C(=O)NCCCC(=O)O. The quantitative estimate of drug-likeness (QED) is 0.482. The first-order chi connectivity index (χ1) is 7.47. The fourth-order valence-electron chi connectivity index (χ4n) is 0.900. The van der Waals surface area contributed by atoms with Gasteiger partial charge in [-0.2, -0.15) is 0 Å². The molecule has 0 saturated heterocycles. The summed E-state index contributed by atoms with van der Waals surface area (Å²) in [4.78, 5) is 33.5. The number of carbonyl (C=O) groups is 3. The van der Waals surface area contributed by atoms with E-state index in [1.54, 1.807) is 0 Å². The van der Waals surface area contributed by atoms with Crippen molar-refractivity contribution in [3.8, 4) is 0 Å². The molecule has 0 spiro atoms. The van der Waals surface area contributed by atoms with Gasteiger partial charge in [-0.1, -0.05) is 0 Å². The van der Waals surface area contributed by atoms with Gasteiger partial charge in [0, 0.05) is 20.0 Å². The molecule has 0 radical (unpaired) electrons. The molecule has 0 unspecified atom stereocenters. The highest BCUT2D eigenvalue weighted by Gasteiger charge is 2.12. The van der Waals surface area contributed by atoms with Crippen LogP contribution in [0.25, 0.3) is 0 Å². The minimum absolute atomic E-state index is 0.000988. The van der Waals surface area contributed by atoms with Crippen LogP contribution in [0.1, 0.15) is 12.8 Å². The van der Waals surface area contributed by atoms with Crippen LogP contribution >= 0.6 is 0 Å². The van der Waals surface area contributed by atoms with E-state index in [1.807, 2.05) is 0 Å². The molecule has 0 aromatic carbocycles. The van der Waals surface area contributed by atoms with Gasteiger partial charge in [0.05, 0.1) is 7.11 Å². The Kier molecular flexibility index (Phi) is 6.66. The number of carbonyl (C=O) groups excluding carboxylic acids is 2. The molecule has 0 aliphatic heterocycles. The van der Waals surface area contributed by atoms with Gasteiger partial charge < -0.3 is 20.1 Å². The molecule has 0 bridgehead atoms. The molecule has 0 fully saturated rings. The molecule has 7 nitrogen and oxygen atoms in total. The largest absolute Gasteiger partial charge is 0.481 e. The van der Waals surface area contributed by atoms with Gasteiger partial charge in [-0.15, -0.1) is 0 Å². The Morgan fingerprint density at radius 3 is 2.50 bits per heavy atom. The smallest absolute Gasteiger partial charge is 0.325 e. The molecule has 0 rings (SSSR count). The maximum absolute atomic E-state index is 11.3. The van der Waals surface area contributed by atoms with Gasteiger partial charge in [0.25, 0.3) is 0 Å². The topological polar surface area (TPSA) is 95.9 Å². The third-order valence-corrected chi connectivity index (χ3v) is 1.78. The molecule has 0 heterocycles. The normalized spacial score (nSPS) is 9.38. The molecule has 0 aliphatic carbocycles. The number of amides is 2. The zero-order chi connectivity index (χ0) is 12.6. The van der Waals surface area contributed by atoms with Crippen molar-refractivity contribution in [2.45, 2.75) is 12.8 Å². The van der Waals surface area contributed by atoms with Crippen molar-refractivity contribution in [3.05, 3.63) is 0 Å². The molecule has 0 atom stereocenters.